The molecule has 0 bridgehead atoms. The van der Waals surface area contributed by atoms with Gasteiger partial charge in [-0.3, -0.25) is 4.90 Å². The predicted molar refractivity (Wildman–Crippen MR) is 151 cm³/mol. The van der Waals surface area contributed by atoms with E-state index in [4.69, 9.17) is 11.6 Å². The Balaban J connectivity index is 1.45. The fourth-order valence-corrected chi connectivity index (χ4v) is 4.59. The number of aromatic nitrogens is 2. The molecule has 218 valence electrons. The van der Waals surface area contributed by atoms with E-state index in [2.05, 4.69) is 20.6 Å². The van der Waals surface area contributed by atoms with E-state index in [1.807, 2.05) is 4.90 Å². The number of hydrogen-bond acceptors (Lipinski definition) is 6. The molecule has 3 amide bonds. The Morgan fingerprint density at radius 2 is 1.71 bits per heavy atom. The van der Waals surface area contributed by atoms with Crippen molar-refractivity contribution in [2.24, 2.45) is 0 Å². The SMILES string of the molecule is CC(C)(C)N(C(=O)O)c1ccccc1Nc1ncc(Cl)c(N2CCN(C(=O)Nc3cccc(C(F)(F)F)c3)CC2)n1. The number of para-hydroxylation sites is 2. The zero-order valence-corrected chi connectivity index (χ0v) is 23.3. The zero-order chi connectivity index (χ0) is 29.9. The molecule has 1 aromatic heterocycles. The lowest BCUT2D eigenvalue weighted by Crippen LogP contribution is -2.50. The third-order valence-corrected chi connectivity index (χ3v) is 6.55. The maximum Gasteiger partial charge on any atom is 0.416 e. The van der Waals surface area contributed by atoms with Crippen LogP contribution in [-0.4, -0.2) is 63.8 Å². The summed E-state index contributed by atoms with van der Waals surface area (Å²) >= 11 is 6.41. The van der Waals surface area contributed by atoms with Crippen molar-refractivity contribution in [3.63, 3.8) is 0 Å². The molecule has 0 radical (unpaired) electrons. The first-order valence-electron chi connectivity index (χ1n) is 12.6. The highest BCUT2D eigenvalue weighted by atomic mass is 35.5. The normalized spacial score (nSPS) is 14.0. The summed E-state index contributed by atoms with van der Waals surface area (Å²) in [5.74, 6) is 0.617. The van der Waals surface area contributed by atoms with E-state index >= 15 is 0 Å². The van der Waals surface area contributed by atoms with Crippen molar-refractivity contribution in [3.8, 4) is 0 Å². The van der Waals surface area contributed by atoms with E-state index in [0.29, 0.717) is 30.3 Å². The van der Waals surface area contributed by atoms with Crippen LogP contribution in [0.1, 0.15) is 26.3 Å². The molecule has 2 heterocycles. The van der Waals surface area contributed by atoms with Crippen LogP contribution in [0.25, 0.3) is 0 Å². The van der Waals surface area contributed by atoms with Gasteiger partial charge in [-0.2, -0.15) is 18.2 Å². The number of urea groups is 1. The Morgan fingerprint density at radius 3 is 2.34 bits per heavy atom. The number of nitrogens with one attached hydrogen (secondary N) is 2. The Bertz CT molecular complexity index is 1420. The van der Waals surface area contributed by atoms with E-state index < -0.39 is 29.4 Å². The van der Waals surface area contributed by atoms with Gasteiger partial charge in [-0.15, -0.1) is 0 Å². The number of rotatable bonds is 5. The van der Waals surface area contributed by atoms with Gasteiger partial charge in [-0.05, 0) is 51.1 Å². The molecule has 1 aliphatic heterocycles. The fourth-order valence-electron chi connectivity index (χ4n) is 4.38. The standard InChI is InChI=1S/C27H29ClF3N7O3/c1-26(2,3)38(25(40)41)21-10-5-4-9-20(21)34-23-32-16-19(28)22(35-23)36-11-13-37(14-12-36)24(39)33-18-8-6-7-17(15-18)27(29,30)31/h4-10,15-16H,11-14H2,1-3H3,(H,33,39)(H,40,41)(H,32,34,35). The highest BCUT2D eigenvalue weighted by Gasteiger charge is 2.32. The van der Waals surface area contributed by atoms with Gasteiger partial charge in [0.2, 0.25) is 5.95 Å². The van der Waals surface area contributed by atoms with Crippen molar-refractivity contribution < 1.29 is 27.9 Å². The van der Waals surface area contributed by atoms with E-state index in [0.717, 1.165) is 12.1 Å². The second-order valence-electron chi connectivity index (χ2n) is 10.3. The van der Waals surface area contributed by atoms with Gasteiger partial charge in [0.1, 0.15) is 5.02 Å². The molecule has 10 nitrogen and oxygen atoms in total. The summed E-state index contributed by atoms with van der Waals surface area (Å²) in [4.78, 5) is 38.2. The number of benzene rings is 2. The maximum atomic E-state index is 13.0. The largest absolute Gasteiger partial charge is 0.465 e. The first-order valence-corrected chi connectivity index (χ1v) is 13.0. The molecule has 0 atom stereocenters. The molecular weight excluding hydrogens is 563 g/mol. The maximum absolute atomic E-state index is 13.0. The monoisotopic (exact) mass is 591 g/mol. The van der Waals surface area contributed by atoms with Crippen molar-refractivity contribution in [3.05, 3.63) is 65.3 Å². The van der Waals surface area contributed by atoms with Crippen LogP contribution in [0, 0.1) is 0 Å². The molecule has 0 unspecified atom stereocenters. The number of nitrogens with zero attached hydrogens (tertiary/aromatic N) is 5. The average Bonchev–Trinajstić information content (AvgIpc) is 2.89. The van der Waals surface area contributed by atoms with Gasteiger partial charge in [0, 0.05) is 37.4 Å². The minimum Gasteiger partial charge on any atom is -0.465 e. The Labute approximate surface area is 239 Å². The van der Waals surface area contributed by atoms with E-state index in [9.17, 15) is 27.9 Å². The summed E-state index contributed by atoms with van der Waals surface area (Å²) < 4.78 is 39.0. The average molecular weight is 592 g/mol. The van der Waals surface area contributed by atoms with Gasteiger partial charge in [0.25, 0.3) is 0 Å². The number of carbonyl (C=O) groups excluding carboxylic acids is 1. The molecule has 0 spiro atoms. The third-order valence-electron chi connectivity index (χ3n) is 6.29. The van der Waals surface area contributed by atoms with Crippen LogP contribution in [0.15, 0.2) is 54.7 Å². The minimum atomic E-state index is -4.51. The number of hydrogen-bond donors (Lipinski definition) is 3. The van der Waals surface area contributed by atoms with E-state index in [1.165, 1.54) is 28.1 Å². The quantitative estimate of drug-likeness (QED) is 0.309. The van der Waals surface area contributed by atoms with Gasteiger partial charge in [-0.1, -0.05) is 29.8 Å². The van der Waals surface area contributed by atoms with Gasteiger partial charge in [0.15, 0.2) is 5.82 Å². The Hall–Kier alpha value is -4.26. The second-order valence-corrected chi connectivity index (χ2v) is 10.7. The summed E-state index contributed by atoms with van der Waals surface area (Å²) in [7, 11) is 0. The molecule has 3 N–H and O–H groups in total. The smallest absolute Gasteiger partial charge is 0.416 e. The third kappa shape index (κ3) is 7.09. The zero-order valence-electron chi connectivity index (χ0n) is 22.5. The molecule has 14 heteroatoms. The fraction of sp³-hybridized carbons (Fsp3) is 0.333. The summed E-state index contributed by atoms with van der Waals surface area (Å²) in [5, 5.41) is 15.8. The Kier molecular flexibility index (Phi) is 8.47. The summed E-state index contributed by atoms with van der Waals surface area (Å²) in [6.45, 7) is 6.63. The topological polar surface area (TPSA) is 114 Å². The van der Waals surface area contributed by atoms with E-state index in [1.54, 1.807) is 45.0 Å². The van der Waals surface area contributed by atoms with Crippen LogP contribution in [0.4, 0.5) is 51.6 Å². The predicted octanol–water partition coefficient (Wildman–Crippen LogP) is 6.53. The number of piperazine rings is 1. The van der Waals surface area contributed by atoms with Gasteiger partial charge in [-0.25, -0.2) is 14.6 Å². The molecule has 41 heavy (non-hydrogen) atoms. The molecule has 1 aliphatic rings. The number of carbonyl (C=O) groups is 2. The molecule has 1 saturated heterocycles. The summed E-state index contributed by atoms with van der Waals surface area (Å²) in [6, 6.07) is 10.8. The highest BCUT2D eigenvalue weighted by molar-refractivity contribution is 6.32. The van der Waals surface area contributed by atoms with Gasteiger partial charge in [0.05, 0.1) is 23.1 Å². The summed E-state index contributed by atoms with van der Waals surface area (Å²) in [5.41, 5.74) is -0.611. The lowest BCUT2D eigenvalue weighted by molar-refractivity contribution is -0.137. The Morgan fingerprint density at radius 1 is 1.02 bits per heavy atom. The lowest BCUT2D eigenvalue weighted by Gasteiger charge is -2.36. The van der Waals surface area contributed by atoms with Crippen molar-refractivity contribution in [1.29, 1.82) is 0 Å². The van der Waals surface area contributed by atoms with Crippen LogP contribution in [0.5, 0.6) is 0 Å². The van der Waals surface area contributed by atoms with Crippen molar-refractivity contribution in [2.45, 2.75) is 32.5 Å². The molecule has 0 saturated carbocycles. The first-order chi connectivity index (χ1) is 19.2. The van der Waals surface area contributed by atoms with Gasteiger partial charge >= 0.3 is 18.3 Å². The molecule has 1 fully saturated rings. The van der Waals surface area contributed by atoms with Gasteiger partial charge < -0.3 is 25.5 Å². The van der Waals surface area contributed by atoms with Crippen LogP contribution >= 0.6 is 11.6 Å². The highest BCUT2D eigenvalue weighted by Crippen LogP contribution is 2.34. The molecule has 2 aromatic carbocycles. The van der Waals surface area contributed by atoms with E-state index in [-0.39, 0.29) is 29.7 Å². The number of carboxylic acid groups (broad SMARTS) is 1. The number of anilines is 5. The molecule has 3 aromatic rings. The van der Waals surface area contributed by atoms with Crippen LogP contribution in [0.2, 0.25) is 5.02 Å². The van der Waals surface area contributed by atoms with Crippen molar-refractivity contribution in [1.82, 2.24) is 14.9 Å². The first kappa shape index (κ1) is 29.7. The van der Waals surface area contributed by atoms with Crippen molar-refractivity contribution >= 4 is 52.6 Å². The minimum absolute atomic E-state index is 0.0509. The van der Waals surface area contributed by atoms with Crippen LogP contribution in [-0.2, 0) is 6.18 Å². The number of halogens is 4. The molecule has 0 aliphatic carbocycles. The molecular formula is C27H29ClF3N7O3. The number of alkyl halides is 3. The lowest BCUT2D eigenvalue weighted by atomic mass is 10.0. The van der Waals surface area contributed by atoms with Crippen LogP contribution in [0.3, 0.4) is 0 Å². The number of amides is 3. The van der Waals surface area contributed by atoms with Crippen molar-refractivity contribution in [2.75, 3.05) is 46.6 Å². The second kappa shape index (κ2) is 11.7. The molecule has 4 rings (SSSR count). The van der Waals surface area contributed by atoms with Crippen LogP contribution < -0.4 is 20.4 Å². The summed E-state index contributed by atoms with van der Waals surface area (Å²) in [6.07, 6.45) is -4.19.